The lowest BCUT2D eigenvalue weighted by molar-refractivity contribution is 0.251. The van der Waals surface area contributed by atoms with E-state index in [1.807, 2.05) is 20.8 Å². The molecule has 4 nitrogen and oxygen atoms in total. The molecule has 114 valence electrons. The number of hydrogen-bond acceptors (Lipinski definition) is 3. The fraction of sp³-hybridized carbons (Fsp3) is 0.438. The van der Waals surface area contributed by atoms with Gasteiger partial charge in [-0.2, -0.15) is 5.10 Å². The number of nitrogens with zero attached hydrogens (tertiary/aromatic N) is 2. The van der Waals surface area contributed by atoms with Crippen LogP contribution in [0.25, 0.3) is 5.69 Å². The van der Waals surface area contributed by atoms with Crippen molar-refractivity contribution in [2.24, 2.45) is 0 Å². The maximum Gasteiger partial charge on any atom is 0.137 e. The van der Waals surface area contributed by atoms with Crippen LogP contribution in [-0.2, 0) is 6.54 Å². The van der Waals surface area contributed by atoms with Crippen LogP contribution >= 0.6 is 11.6 Å². The van der Waals surface area contributed by atoms with Gasteiger partial charge in [0.1, 0.15) is 5.15 Å². The number of aryl methyl sites for hydroxylation is 3. The molecular formula is C16H22ClN3O. The zero-order chi connectivity index (χ0) is 15.6. The molecule has 2 rings (SSSR count). The largest absolute Gasteiger partial charge is 0.395 e. The van der Waals surface area contributed by atoms with Gasteiger partial charge in [-0.05, 0) is 44.9 Å². The first-order valence-electron chi connectivity index (χ1n) is 7.10. The lowest BCUT2D eigenvalue weighted by atomic mass is 10.1. The molecule has 0 amide bonds. The van der Waals surface area contributed by atoms with Crippen LogP contribution in [0.5, 0.6) is 0 Å². The van der Waals surface area contributed by atoms with Gasteiger partial charge < -0.3 is 10.4 Å². The van der Waals surface area contributed by atoms with Gasteiger partial charge in [-0.1, -0.05) is 23.7 Å². The van der Waals surface area contributed by atoms with E-state index < -0.39 is 0 Å². The molecule has 0 aliphatic heterocycles. The smallest absolute Gasteiger partial charge is 0.137 e. The number of hydrogen-bond donors (Lipinski definition) is 2. The van der Waals surface area contributed by atoms with E-state index in [0.29, 0.717) is 11.7 Å². The molecule has 0 aliphatic carbocycles. The summed E-state index contributed by atoms with van der Waals surface area (Å²) in [6.45, 7) is 8.68. The normalized spacial score (nSPS) is 12.7. The molecule has 0 fully saturated rings. The number of nitrogens with one attached hydrogen (secondary N) is 1. The van der Waals surface area contributed by atoms with Crippen molar-refractivity contribution in [2.45, 2.75) is 40.3 Å². The Bertz CT molecular complexity index is 637. The molecule has 0 bridgehead atoms. The summed E-state index contributed by atoms with van der Waals surface area (Å²) < 4.78 is 1.79. The Morgan fingerprint density at radius 1 is 1.33 bits per heavy atom. The van der Waals surface area contributed by atoms with Crippen LogP contribution in [0.1, 0.15) is 29.3 Å². The summed E-state index contributed by atoms with van der Waals surface area (Å²) >= 11 is 6.51. The van der Waals surface area contributed by atoms with E-state index in [-0.39, 0.29) is 12.6 Å². The summed E-state index contributed by atoms with van der Waals surface area (Å²) in [7, 11) is 0. The zero-order valence-corrected chi connectivity index (χ0v) is 13.7. The molecule has 0 radical (unpaired) electrons. The van der Waals surface area contributed by atoms with Gasteiger partial charge in [-0.25, -0.2) is 4.68 Å². The van der Waals surface area contributed by atoms with E-state index in [9.17, 15) is 0 Å². The molecule has 5 heteroatoms. The van der Waals surface area contributed by atoms with Crippen molar-refractivity contribution < 1.29 is 5.11 Å². The van der Waals surface area contributed by atoms with Crippen molar-refractivity contribution in [3.63, 3.8) is 0 Å². The van der Waals surface area contributed by atoms with E-state index in [2.05, 4.69) is 35.5 Å². The molecule has 2 aromatic rings. The van der Waals surface area contributed by atoms with Crippen LogP contribution < -0.4 is 5.32 Å². The molecule has 0 aliphatic rings. The topological polar surface area (TPSA) is 50.1 Å². The van der Waals surface area contributed by atoms with E-state index in [1.54, 1.807) is 4.68 Å². The molecule has 0 spiro atoms. The minimum Gasteiger partial charge on any atom is -0.395 e. The maximum absolute atomic E-state index is 9.09. The maximum atomic E-state index is 9.09. The van der Waals surface area contributed by atoms with Crippen LogP contribution in [0.4, 0.5) is 0 Å². The van der Waals surface area contributed by atoms with Crippen molar-refractivity contribution in [2.75, 3.05) is 6.61 Å². The summed E-state index contributed by atoms with van der Waals surface area (Å²) in [6.07, 6.45) is 0. The minimum absolute atomic E-state index is 0.0320. The molecule has 0 saturated carbocycles. The van der Waals surface area contributed by atoms with Gasteiger partial charge in [0, 0.05) is 18.2 Å². The highest BCUT2D eigenvalue weighted by Gasteiger charge is 2.16. The third-order valence-corrected chi connectivity index (χ3v) is 4.00. The Kier molecular flexibility index (Phi) is 5.04. The molecule has 2 N–H and O–H groups in total. The van der Waals surface area contributed by atoms with E-state index in [1.165, 1.54) is 5.56 Å². The number of aliphatic hydroxyl groups excluding tert-OH is 1. The first-order chi connectivity index (χ1) is 9.93. The van der Waals surface area contributed by atoms with Crippen molar-refractivity contribution in [1.82, 2.24) is 15.1 Å². The zero-order valence-electron chi connectivity index (χ0n) is 12.9. The molecule has 1 aromatic heterocycles. The third-order valence-electron chi connectivity index (χ3n) is 3.62. The van der Waals surface area contributed by atoms with Crippen LogP contribution in [0.2, 0.25) is 5.15 Å². The third kappa shape index (κ3) is 3.46. The average Bonchev–Trinajstić information content (AvgIpc) is 2.74. The fourth-order valence-corrected chi connectivity index (χ4v) is 2.51. The second kappa shape index (κ2) is 6.60. The number of halogens is 1. The first kappa shape index (κ1) is 16.0. The van der Waals surface area contributed by atoms with E-state index in [4.69, 9.17) is 16.7 Å². The number of rotatable bonds is 5. The summed E-state index contributed by atoms with van der Waals surface area (Å²) in [5.41, 5.74) is 5.18. The Balaban J connectivity index is 2.36. The Morgan fingerprint density at radius 3 is 2.71 bits per heavy atom. The van der Waals surface area contributed by atoms with Crippen LogP contribution in [-0.4, -0.2) is 27.5 Å². The lowest BCUT2D eigenvalue weighted by Crippen LogP contribution is -2.28. The molecular weight excluding hydrogens is 286 g/mol. The van der Waals surface area contributed by atoms with Gasteiger partial charge in [-0.15, -0.1) is 0 Å². The van der Waals surface area contributed by atoms with E-state index >= 15 is 0 Å². The first-order valence-corrected chi connectivity index (χ1v) is 7.47. The molecule has 21 heavy (non-hydrogen) atoms. The molecule has 1 heterocycles. The van der Waals surface area contributed by atoms with Crippen molar-refractivity contribution >= 4 is 11.6 Å². The Morgan fingerprint density at radius 2 is 2.05 bits per heavy atom. The highest BCUT2D eigenvalue weighted by Crippen LogP contribution is 2.25. The van der Waals surface area contributed by atoms with Gasteiger partial charge >= 0.3 is 0 Å². The van der Waals surface area contributed by atoms with Crippen molar-refractivity contribution in [3.8, 4) is 5.69 Å². The second-order valence-corrected chi connectivity index (χ2v) is 5.88. The monoisotopic (exact) mass is 307 g/mol. The predicted molar refractivity (Wildman–Crippen MR) is 86.2 cm³/mol. The number of aromatic nitrogens is 2. The summed E-state index contributed by atoms with van der Waals surface area (Å²) in [5, 5.41) is 17.5. The second-order valence-electron chi connectivity index (χ2n) is 5.52. The van der Waals surface area contributed by atoms with Gasteiger partial charge in [0.25, 0.3) is 0 Å². The Hall–Kier alpha value is -1.36. The SMILES string of the molecule is Cc1ccc(C)c(-n2nc(C)c(CNC(C)CO)c2Cl)c1. The average molecular weight is 308 g/mol. The van der Waals surface area contributed by atoms with Crippen molar-refractivity contribution in [1.29, 1.82) is 0 Å². The standard InChI is InChI=1S/C16H22ClN3O/c1-10-5-6-11(2)15(7-10)20-16(17)14(13(4)19-20)8-18-12(3)9-21/h5-7,12,18,21H,8-9H2,1-4H3. The van der Waals surface area contributed by atoms with Gasteiger partial charge in [0.15, 0.2) is 0 Å². The number of aliphatic hydroxyl groups is 1. The lowest BCUT2D eigenvalue weighted by Gasteiger charge is -2.11. The summed E-state index contributed by atoms with van der Waals surface area (Å²) in [6, 6.07) is 6.27. The highest BCUT2D eigenvalue weighted by atomic mass is 35.5. The minimum atomic E-state index is 0.0320. The Labute approximate surface area is 130 Å². The highest BCUT2D eigenvalue weighted by molar-refractivity contribution is 6.30. The van der Waals surface area contributed by atoms with E-state index in [0.717, 1.165) is 22.5 Å². The summed E-state index contributed by atoms with van der Waals surface area (Å²) in [4.78, 5) is 0. The fourth-order valence-electron chi connectivity index (χ4n) is 2.18. The van der Waals surface area contributed by atoms with Crippen LogP contribution in [0.3, 0.4) is 0 Å². The van der Waals surface area contributed by atoms with Crippen LogP contribution in [0, 0.1) is 20.8 Å². The van der Waals surface area contributed by atoms with Gasteiger partial charge in [0.2, 0.25) is 0 Å². The van der Waals surface area contributed by atoms with Crippen molar-refractivity contribution in [3.05, 3.63) is 45.7 Å². The predicted octanol–water partition coefficient (Wildman–Crippen LogP) is 2.92. The quantitative estimate of drug-likeness (QED) is 0.893. The molecule has 1 unspecified atom stereocenters. The molecule has 1 atom stereocenters. The number of benzene rings is 1. The molecule has 0 saturated heterocycles. The molecule has 1 aromatic carbocycles. The van der Waals surface area contributed by atoms with Gasteiger partial charge in [-0.3, -0.25) is 0 Å². The van der Waals surface area contributed by atoms with Gasteiger partial charge in [0.05, 0.1) is 18.0 Å². The van der Waals surface area contributed by atoms with Crippen LogP contribution in [0.15, 0.2) is 18.2 Å². The summed E-state index contributed by atoms with van der Waals surface area (Å²) in [5.74, 6) is 0.